The van der Waals surface area contributed by atoms with Crippen molar-refractivity contribution >= 4 is 40.9 Å². The first-order chi connectivity index (χ1) is 9.47. The van der Waals surface area contributed by atoms with Gasteiger partial charge in [-0.15, -0.1) is 11.3 Å². The highest BCUT2D eigenvalue weighted by molar-refractivity contribution is 8.02. The average molecular weight is 312 g/mol. The highest BCUT2D eigenvalue weighted by Crippen LogP contribution is 2.39. The number of thiazole rings is 1. The molecule has 0 spiro atoms. The Balaban J connectivity index is 1.75. The molecule has 0 bridgehead atoms. The lowest BCUT2D eigenvalue weighted by atomic mass is 10.4. The molecule has 106 valence electrons. The SMILES string of the molecule is Cc1nc(SC2CC(=O)N(C3CC3)C2=O)sc1C(=O)O. The molecule has 1 saturated carbocycles. The van der Waals surface area contributed by atoms with Crippen LogP contribution in [0.15, 0.2) is 4.34 Å². The summed E-state index contributed by atoms with van der Waals surface area (Å²) < 4.78 is 0.531. The zero-order chi connectivity index (χ0) is 14.4. The van der Waals surface area contributed by atoms with Crippen molar-refractivity contribution in [3.05, 3.63) is 10.6 Å². The fourth-order valence-corrected chi connectivity index (χ4v) is 4.47. The summed E-state index contributed by atoms with van der Waals surface area (Å²) in [4.78, 5) is 40.7. The Labute approximate surface area is 123 Å². The highest BCUT2D eigenvalue weighted by Gasteiger charge is 2.46. The summed E-state index contributed by atoms with van der Waals surface area (Å²) in [7, 11) is 0. The topological polar surface area (TPSA) is 87.6 Å². The Bertz CT molecular complexity index is 609. The monoisotopic (exact) mass is 312 g/mol. The average Bonchev–Trinajstić information content (AvgIpc) is 3.06. The second kappa shape index (κ2) is 4.85. The van der Waals surface area contributed by atoms with Gasteiger partial charge in [0.05, 0.1) is 10.9 Å². The van der Waals surface area contributed by atoms with Gasteiger partial charge in [0, 0.05) is 12.5 Å². The van der Waals surface area contributed by atoms with E-state index in [2.05, 4.69) is 4.98 Å². The number of carboxylic acid groups (broad SMARTS) is 1. The third-order valence-electron chi connectivity index (χ3n) is 3.27. The van der Waals surface area contributed by atoms with Crippen molar-refractivity contribution in [1.82, 2.24) is 9.88 Å². The summed E-state index contributed by atoms with van der Waals surface area (Å²) in [5.41, 5.74) is 0.445. The molecule has 1 atom stereocenters. The van der Waals surface area contributed by atoms with Gasteiger partial charge in [-0.05, 0) is 19.8 Å². The van der Waals surface area contributed by atoms with E-state index in [-0.39, 0.29) is 29.2 Å². The quantitative estimate of drug-likeness (QED) is 0.848. The second-order valence-electron chi connectivity index (χ2n) is 4.84. The molecular formula is C12H12N2O4S2. The van der Waals surface area contributed by atoms with E-state index in [1.807, 2.05) is 0 Å². The van der Waals surface area contributed by atoms with E-state index in [9.17, 15) is 14.4 Å². The van der Waals surface area contributed by atoms with Crippen LogP contribution in [0.25, 0.3) is 0 Å². The minimum atomic E-state index is -1.01. The number of aryl methyl sites for hydroxylation is 1. The van der Waals surface area contributed by atoms with E-state index in [1.165, 1.54) is 16.7 Å². The molecule has 0 radical (unpaired) electrons. The normalized spacial score (nSPS) is 22.6. The van der Waals surface area contributed by atoms with Gasteiger partial charge in [0.25, 0.3) is 0 Å². The number of thioether (sulfide) groups is 1. The van der Waals surface area contributed by atoms with Gasteiger partial charge in [-0.3, -0.25) is 14.5 Å². The summed E-state index contributed by atoms with van der Waals surface area (Å²) in [5.74, 6) is -1.30. The third-order valence-corrected chi connectivity index (χ3v) is 5.69. The van der Waals surface area contributed by atoms with Crippen LogP contribution in [0.2, 0.25) is 0 Å². The van der Waals surface area contributed by atoms with E-state index in [4.69, 9.17) is 5.11 Å². The third kappa shape index (κ3) is 2.33. The standard InChI is InChI=1S/C12H12N2O4S2/c1-5-9(11(17)18)20-12(13-5)19-7-4-8(15)14(10(7)16)6-2-3-6/h6-7H,2-4H2,1H3,(H,17,18). The van der Waals surface area contributed by atoms with Gasteiger partial charge in [0.2, 0.25) is 11.8 Å². The molecule has 2 amide bonds. The molecule has 1 unspecified atom stereocenters. The molecule has 3 rings (SSSR count). The number of hydrogen-bond donors (Lipinski definition) is 1. The van der Waals surface area contributed by atoms with Gasteiger partial charge < -0.3 is 5.11 Å². The molecule has 2 heterocycles. The van der Waals surface area contributed by atoms with Crippen LogP contribution < -0.4 is 0 Å². The van der Waals surface area contributed by atoms with Crippen molar-refractivity contribution in [3.8, 4) is 0 Å². The van der Waals surface area contributed by atoms with Gasteiger partial charge in [-0.1, -0.05) is 11.8 Å². The molecule has 6 nitrogen and oxygen atoms in total. The van der Waals surface area contributed by atoms with Crippen molar-refractivity contribution in [2.75, 3.05) is 0 Å². The van der Waals surface area contributed by atoms with Crippen LogP contribution in [0.3, 0.4) is 0 Å². The summed E-state index contributed by atoms with van der Waals surface area (Å²) in [6.07, 6.45) is 1.98. The summed E-state index contributed by atoms with van der Waals surface area (Å²) in [6.45, 7) is 1.63. The van der Waals surface area contributed by atoms with E-state index < -0.39 is 11.2 Å². The number of likely N-dealkylation sites (tertiary alicyclic amines) is 1. The number of carboxylic acids is 1. The first kappa shape index (κ1) is 13.6. The van der Waals surface area contributed by atoms with Gasteiger partial charge in [0.1, 0.15) is 4.88 Å². The molecule has 2 aliphatic rings. The Hall–Kier alpha value is -1.41. The van der Waals surface area contributed by atoms with Gasteiger partial charge >= 0.3 is 5.97 Å². The van der Waals surface area contributed by atoms with Crippen molar-refractivity contribution in [2.24, 2.45) is 0 Å². The van der Waals surface area contributed by atoms with Crippen LogP contribution in [0.5, 0.6) is 0 Å². The number of amides is 2. The predicted molar refractivity (Wildman–Crippen MR) is 72.9 cm³/mol. The minimum Gasteiger partial charge on any atom is -0.477 e. The molecule has 0 aromatic carbocycles. The molecule has 20 heavy (non-hydrogen) atoms. The number of carbonyl (C=O) groups excluding carboxylic acids is 2. The molecular weight excluding hydrogens is 300 g/mol. The van der Waals surface area contributed by atoms with Gasteiger partial charge in [-0.2, -0.15) is 0 Å². The van der Waals surface area contributed by atoms with Crippen molar-refractivity contribution < 1.29 is 19.5 Å². The summed E-state index contributed by atoms with van der Waals surface area (Å²) in [6, 6.07) is 0.0909. The maximum absolute atomic E-state index is 12.2. The minimum absolute atomic E-state index is 0.0909. The zero-order valence-corrected chi connectivity index (χ0v) is 12.3. The lowest BCUT2D eigenvalue weighted by Gasteiger charge is -2.12. The largest absolute Gasteiger partial charge is 0.477 e. The van der Waals surface area contributed by atoms with Crippen LogP contribution >= 0.6 is 23.1 Å². The molecule has 8 heteroatoms. The van der Waals surface area contributed by atoms with Gasteiger partial charge in [0.15, 0.2) is 4.34 Å². The van der Waals surface area contributed by atoms with Crippen LogP contribution in [-0.4, -0.2) is 44.1 Å². The lowest BCUT2D eigenvalue weighted by molar-refractivity contribution is -0.138. The fourth-order valence-electron chi connectivity index (χ4n) is 2.17. The van der Waals surface area contributed by atoms with Gasteiger partial charge in [-0.25, -0.2) is 9.78 Å². The lowest BCUT2D eigenvalue weighted by Crippen LogP contribution is -2.33. The number of rotatable bonds is 4. The van der Waals surface area contributed by atoms with E-state index in [0.717, 1.165) is 24.2 Å². The van der Waals surface area contributed by atoms with Crippen LogP contribution in [0, 0.1) is 6.92 Å². The van der Waals surface area contributed by atoms with E-state index >= 15 is 0 Å². The Morgan fingerprint density at radius 2 is 2.15 bits per heavy atom. The van der Waals surface area contributed by atoms with E-state index in [1.54, 1.807) is 6.92 Å². The molecule has 1 saturated heterocycles. The van der Waals surface area contributed by atoms with Crippen LogP contribution in [0.1, 0.15) is 34.6 Å². The highest BCUT2D eigenvalue weighted by atomic mass is 32.2. The Morgan fingerprint density at radius 3 is 2.70 bits per heavy atom. The van der Waals surface area contributed by atoms with Crippen molar-refractivity contribution in [1.29, 1.82) is 0 Å². The number of aromatic carboxylic acids is 1. The molecule has 1 aliphatic heterocycles. The van der Waals surface area contributed by atoms with Crippen LogP contribution in [0.4, 0.5) is 0 Å². The maximum atomic E-state index is 12.2. The first-order valence-corrected chi connectivity index (χ1v) is 7.90. The maximum Gasteiger partial charge on any atom is 0.347 e. The predicted octanol–water partition coefficient (Wildman–Crippen LogP) is 1.53. The van der Waals surface area contributed by atoms with Crippen molar-refractivity contribution in [2.45, 2.75) is 41.8 Å². The summed E-state index contributed by atoms with van der Waals surface area (Å²) in [5, 5.41) is 8.53. The number of carbonyl (C=O) groups is 3. The van der Waals surface area contributed by atoms with Crippen LogP contribution in [-0.2, 0) is 9.59 Å². The molecule has 2 fully saturated rings. The molecule has 1 aromatic heterocycles. The second-order valence-corrected chi connectivity index (χ2v) is 7.29. The Morgan fingerprint density at radius 1 is 1.45 bits per heavy atom. The smallest absolute Gasteiger partial charge is 0.347 e. The zero-order valence-electron chi connectivity index (χ0n) is 10.7. The number of aromatic nitrogens is 1. The molecule has 1 aliphatic carbocycles. The van der Waals surface area contributed by atoms with Crippen molar-refractivity contribution in [3.63, 3.8) is 0 Å². The Kier molecular flexibility index (Phi) is 3.29. The number of nitrogens with zero attached hydrogens (tertiary/aromatic N) is 2. The molecule has 1 N–H and O–H groups in total. The number of imide groups is 1. The summed E-state index contributed by atoms with van der Waals surface area (Å²) >= 11 is 2.25. The number of hydrogen-bond acceptors (Lipinski definition) is 6. The van der Waals surface area contributed by atoms with E-state index in [0.29, 0.717) is 10.0 Å². The molecule has 1 aromatic rings. The first-order valence-electron chi connectivity index (χ1n) is 6.20. The fraction of sp³-hybridized carbons (Fsp3) is 0.500.